The molecule has 1 unspecified atom stereocenters. The Morgan fingerprint density at radius 3 is 2.89 bits per heavy atom. The van der Waals surface area contributed by atoms with Crippen LogP contribution in [0.25, 0.3) is 0 Å². The third kappa shape index (κ3) is 2.79. The van der Waals surface area contributed by atoms with Crippen molar-refractivity contribution >= 4 is 11.3 Å². The molecular formula is C13H20N4S. The quantitative estimate of drug-likeness (QED) is 0.872. The lowest BCUT2D eigenvalue weighted by atomic mass is 10.2. The molecule has 0 aliphatic carbocycles. The number of hydrogen-bond donors (Lipinski definition) is 1. The van der Waals surface area contributed by atoms with E-state index in [1.807, 2.05) is 19.4 Å². The fourth-order valence-corrected chi connectivity index (χ4v) is 2.83. The van der Waals surface area contributed by atoms with Crippen molar-refractivity contribution in [1.29, 1.82) is 0 Å². The topological polar surface area (TPSA) is 42.7 Å². The van der Waals surface area contributed by atoms with Gasteiger partial charge in [-0.25, -0.2) is 9.97 Å². The zero-order valence-electron chi connectivity index (χ0n) is 11.2. The van der Waals surface area contributed by atoms with Crippen LogP contribution in [-0.4, -0.2) is 21.1 Å². The fraction of sp³-hybridized carbons (Fsp3) is 0.538. The molecule has 0 saturated carbocycles. The number of aryl methyl sites for hydroxylation is 2. The number of thiazole rings is 1. The second kappa shape index (κ2) is 6.11. The van der Waals surface area contributed by atoms with Gasteiger partial charge in [0.15, 0.2) is 0 Å². The lowest BCUT2D eigenvalue weighted by Gasteiger charge is -2.17. The van der Waals surface area contributed by atoms with Crippen LogP contribution < -0.4 is 5.32 Å². The first-order valence-corrected chi connectivity index (χ1v) is 7.29. The van der Waals surface area contributed by atoms with Crippen LogP contribution in [0.5, 0.6) is 0 Å². The molecule has 2 heterocycles. The number of hydrogen-bond acceptors (Lipinski definition) is 4. The van der Waals surface area contributed by atoms with Gasteiger partial charge in [-0.15, -0.1) is 11.3 Å². The summed E-state index contributed by atoms with van der Waals surface area (Å²) in [6.45, 7) is 8.26. The highest BCUT2D eigenvalue weighted by Gasteiger charge is 2.19. The Kier molecular flexibility index (Phi) is 4.49. The second-order valence-corrected chi connectivity index (χ2v) is 5.21. The van der Waals surface area contributed by atoms with Gasteiger partial charge in [-0.3, -0.25) is 0 Å². The van der Waals surface area contributed by atoms with Gasteiger partial charge in [-0.2, -0.15) is 0 Å². The molecule has 2 rings (SSSR count). The average Bonchev–Trinajstić information content (AvgIpc) is 2.99. The zero-order valence-corrected chi connectivity index (χ0v) is 12.0. The summed E-state index contributed by atoms with van der Waals surface area (Å²) in [5, 5.41) is 6.78. The molecule has 0 aliphatic heterocycles. The molecule has 0 amide bonds. The van der Waals surface area contributed by atoms with E-state index in [0.29, 0.717) is 0 Å². The number of rotatable bonds is 6. The Bertz CT molecular complexity index is 489. The highest BCUT2D eigenvalue weighted by atomic mass is 32.1. The van der Waals surface area contributed by atoms with Crippen LogP contribution in [0.3, 0.4) is 0 Å². The molecule has 0 aromatic carbocycles. The fourth-order valence-electron chi connectivity index (χ4n) is 1.95. The third-order valence-corrected chi connectivity index (χ3v) is 3.89. The molecular weight excluding hydrogens is 244 g/mol. The van der Waals surface area contributed by atoms with Crippen molar-refractivity contribution in [2.75, 3.05) is 6.54 Å². The van der Waals surface area contributed by atoms with Crippen molar-refractivity contribution < 1.29 is 0 Å². The predicted octanol–water partition coefficient (Wildman–Crippen LogP) is 2.76. The molecule has 2 aromatic rings. The SMILES string of the molecule is CCCNC(c1nc(C)cs1)c1cncn1CC. The maximum atomic E-state index is 4.61. The molecule has 4 nitrogen and oxygen atoms in total. The lowest BCUT2D eigenvalue weighted by Crippen LogP contribution is -2.25. The molecule has 0 radical (unpaired) electrons. The molecule has 5 heteroatoms. The highest BCUT2D eigenvalue weighted by molar-refractivity contribution is 7.09. The average molecular weight is 264 g/mol. The van der Waals surface area contributed by atoms with Crippen LogP contribution in [0.1, 0.15) is 42.7 Å². The van der Waals surface area contributed by atoms with E-state index in [-0.39, 0.29) is 6.04 Å². The molecule has 2 aromatic heterocycles. The Labute approximate surface area is 112 Å². The summed E-state index contributed by atoms with van der Waals surface area (Å²) >= 11 is 1.71. The first-order chi connectivity index (χ1) is 8.76. The van der Waals surface area contributed by atoms with Crippen molar-refractivity contribution in [3.8, 4) is 0 Å². The predicted molar refractivity (Wildman–Crippen MR) is 74.9 cm³/mol. The van der Waals surface area contributed by atoms with E-state index in [4.69, 9.17) is 0 Å². The van der Waals surface area contributed by atoms with Crippen LogP contribution in [0.2, 0.25) is 0 Å². The maximum absolute atomic E-state index is 4.61. The Balaban J connectivity index is 2.30. The van der Waals surface area contributed by atoms with Gasteiger partial charge < -0.3 is 9.88 Å². The van der Waals surface area contributed by atoms with Gasteiger partial charge in [0.1, 0.15) is 11.0 Å². The van der Waals surface area contributed by atoms with Crippen molar-refractivity contribution in [3.63, 3.8) is 0 Å². The third-order valence-electron chi connectivity index (χ3n) is 2.86. The lowest BCUT2D eigenvalue weighted by molar-refractivity contribution is 0.553. The van der Waals surface area contributed by atoms with Gasteiger partial charge in [0, 0.05) is 17.6 Å². The van der Waals surface area contributed by atoms with Crippen molar-refractivity contribution in [2.24, 2.45) is 0 Å². The Morgan fingerprint density at radius 2 is 2.28 bits per heavy atom. The molecule has 1 N–H and O–H groups in total. The van der Waals surface area contributed by atoms with Crippen molar-refractivity contribution in [3.05, 3.63) is 34.3 Å². The summed E-state index contributed by atoms with van der Waals surface area (Å²) < 4.78 is 2.17. The standard InChI is InChI=1S/C13H20N4S/c1-4-6-15-12(13-16-10(3)8-18-13)11-7-14-9-17(11)5-2/h7-9,12,15H,4-6H2,1-3H3. The van der Waals surface area contributed by atoms with Crippen molar-refractivity contribution in [1.82, 2.24) is 19.9 Å². The summed E-state index contributed by atoms with van der Waals surface area (Å²) in [5.74, 6) is 0. The van der Waals surface area contributed by atoms with Gasteiger partial charge in [0.2, 0.25) is 0 Å². The molecule has 0 bridgehead atoms. The number of nitrogens with one attached hydrogen (secondary N) is 1. The summed E-state index contributed by atoms with van der Waals surface area (Å²) in [6.07, 6.45) is 4.94. The molecule has 98 valence electrons. The molecule has 0 aliphatic rings. The van der Waals surface area contributed by atoms with Gasteiger partial charge in [-0.1, -0.05) is 6.92 Å². The largest absolute Gasteiger partial charge is 0.333 e. The van der Waals surface area contributed by atoms with Gasteiger partial charge in [-0.05, 0) is 26.8 Å². The van der Waals surface area contributed by atoms with E-state index >= 15 is 0 Å². The smallest absolute Gasteiger partial charge is 0.116 e. The van der Waals surface area contributed by atoms with Crippen LogP contribution >= 0.6 is 11.3 Å². The van der Waals surface area contributed by atoms with E-state index in [1.54, 1.807) is 11.3 Å². The summed E-state index contributed by atoms with van der Waals surface area (Å²) in [4.78, 5) is 8.86. The number of imidazole rings is 1. The van der Waals surface area contributed by atoms with E-state index in [1.165, 1.54) is 5.69 Å². The molecule has 0 saturated heterocycles. The van der Waals surface area contributed by atoms with Gasteiger partial charge >= 0.3 is 0 Å². The normalized spacial score (nSPS) is 12.8. The minimum atomic E-state index is 0.158. The van der Waals surface area contributed by atoms with E-state index in [2.05, 4.69) is 39.1 Å². The second-order valence-electron chi connectivity index (χ2n) is 4.32. The van der Waals surface area contributed by atoms with E-state index in [9.17, 15) is 0 Å². The van der Waals surface area contributed by atoms with Gasteiger partial charge in [0.25, 0.3) is 0 Å². The summed E-state index contributed by atoms with van der Waals surface area (Å²) in [6, 6.07) is 0.158. The molecule has 0 spiro atoms. The van der Waals surface area contributed by atoms with Crippen LogP contribution in [-0.2, 0) is 6.54 Å². The molecule has 0 fully saturated rings. The van der Waals surface area contributed by atoms with Gasteiger partial charge in [0.05, 0.1) is 18.2 Å². The van der Waals surface area contributed by atoms with Crippen LogP contribution in [0.15, 0.2) is 17.9 Å². The number of aromatic nitrogens is 3. The molecule has 18 heavy (non-hydrogen) atoms. The highest BCUT2D eigenvalue weighted by Crippen LogP contribution is 2.25. The van der Waals surface area contributed by atoms with Crippen LogP contribution in [0.4, 0.5) is 0 Å². The minimum absolute atomic E-state index is 0.158. The van der Waals surface area contributed by atoms with Crippen molar-refractivity contribution in [2.45, 2.75) is 39.8 Å². The Hall–Kier alpha value is -1.20. The summed E-state index contributed by atoms with van der Waals surface area (Å²) in [7, 11) is 0. The zero-order chi connectivity index (χ0) is 13.0. The van der Waals surface area contributed by atoms with Crippen LogP contribution in [0, 0.1) is 6.92 Å². The first-order valence-electron chi connectivity index (χ1n) is 6.41. The Morgan fingerprint density at radius 1 is 1.44 bits per heavy atom. The molecule has 1 atom stereocenters. The number of nitrogens with zero attached hydrogens (tertiary/aromatic N) is 3. The maximum Gasteiger partial charge on any atom is 0.116 e. The van der Waals surface area contributed by atoms with E-state index < -0.39 is 0 Å². The monoisotopic (exact) mass is 264 g/mol. The first kappa shape index (κ1) is 13.2. The summed E-state index contributed by atoms with van der Waals surface area (Å²) in [5.41, 5.74) is 2.28. The minimum Gasteiger partial charge on any atom is -0.333 e. The van der Waals surface area contributed by atoms with E-state index in [0.717, 1.165) is 30.2 Å².